The molecular weight excluding hydrogens is 436 g/mol. The van der Waals surface area contributed by atoms with Gasteiger partial charge in [0.15, 0.2) is 0 Å². The fourth-order valence-corrected chi connectivity index (χ4v) is 5.35. The summed E-state index contributed by atoms with van der Waals surface area (Å²) >= 11 is -1.09. The van der Waals surface area contributed by atoms with E-state index in [0.717, 1.165) is 40.9 Å². The van der Waals surface area contributed by atoms with E-state index in [0.29, 0.717) is 31.2 Å². The molecule has 1 saturated carbocycles. The molecule has 1 aromatic carbocycles. The lowest BCUT2D eigenvalue weighted by atomic mass is 10.0. The number of nitrogens with one attached hydrogen (secondary N) is 1. The molecule has 33 heavy (non-hydrogen) atoms. The molecule has 2 aromatic heterocycles. The molecule has 0 saturated heterocycles. The first-order valence-electron chi connectivity index (χ1n) is 11.4. The van der Waals surface area contributed by atoms with Gasteiger partial charge in [0.1, 0.15) is 10.4 Å². The van der Waals surface area contributed by atoms with Crippen molar-refractivity contribution in [3.8, 4) is 16.8 Å². The van der Waals surface area contributed by atoms with Crippen LogP contribution in [0.25, 0.3) is 16.8 Å². The Morgan fingerprint density at radius 3 is 2.70 bits per heavy atom. The lowest BCUT2D eigenvalue weighted by molar-refractivity contribution is 0.0951. The van der Waals surface area contributed by atoms with Crippen molar-refractivity contribution in [2.75, 3.05) is 6.54 Å². The molecule has 0 bridgehead atoms. The average molecular weight is 467 g/mol. The molecule has 8 nitrogen and oxygen atoms in total. The maximum atomic E-state index is 12.9. The maximum absolute atomic E-state index is 12.9. The van der Waals surface area contributed by atoms with E-state index in [4.69, 9.17) is 0 Å². The summed E-state index contributed by atoms with van der Waals surface area (Å²) in [5.74, 6) is -0.0243. The summed E-state index contributed by atoms with van der Waals surface area (Å²) in [7, 11) is 0. The Kier molecular flexibility index (Phi) is 5.58. The molecule has 0 radical (unpaired) electrons. The summed E-state index contributed by atoms with van der Waals surface area (Å²) in [4.78, 5) is 12.5. The molecule has 1 unspecified atom stereocenters. The van der Waals surface area contributed by atoms with Crippen LogP contribution in [0.4, 0.5) is 0 Å². The molecule has 1 fully saturated rings. The van der Waals surface area contributed by atoms with E-state index in [2.05, 4.69) is 15.5 Å². The smallest absolute Gasteiger partial charge is 0.251 e. The number of fused-ring (bicyclic) bond motifs is 1. The first-order chi connectivity index (χ1) is 15.7. The summed E-state index contributed by atoms with van der Waals surface area (Å²) in [6, 6.07) is 6.12. The summed E-state index contributed by atoms with van der Waals surface area (Å²) in [5.41, 5.74) is 5.57. The number of carbonyl (C=O) groups is 1. The predicted molar refractivity (Wildman–Crippen MR) is 128 cm³/mol. The molecule has 1 amide bonds. The van der Waals surface area contributed by atoms with Crippen LogP contribution in [0.2, 0.25) is 0 Å². The molecule has 1 aliphatic carbocycles. The van der Waals surface area contributed by atoms with Crippen LogP contribution in [0.1, 0.15) is 55.2 Å². The number of aryl methyl sites for hydroxylation is 1. The quantitative estimate of drug-likeness (QED) is 0.583. The molecule has 1 N–H and O–H groups in total. The molecule has 3 heterocycles. The Hall–Kier alpha value is -2.62. The van der Waals surface area contributed by atoms with E-state index in [9.17, 15) is 9.35 Å². The van der Waals surface area contributed by atoms with Crippen molar-refractivity contribution in [3.63, 3.8) is 0 Å². The monoisotopic (exact) mass is 466 g/mol. The highest BCUT2D eigenvalue weighted by molar-refractivity contribution is 7.90. The van der Waals surface area contributed by atoms with Gasteiger partial charge in [0.2, 0.25) is 0 Å². The minimum atomic E-state index is -1.09. The van der Waals surface area contributed by atoms with Crippen LogP contribution in [0.5, 0.6) is 0 Å². The molecule has 2 aliphatic rings. The predicted octanol–water partition coefficient (Wildman–Crippen LogP) is 3.21. The lowest BCUT2D eigenvalue weighted by Crippen LogP contribution is -2.46. The first kappa shape index (κ1) is 22.2. The minimum absolute atomic E-state index is 0.0243. The molecule has 1 atom stereocenters. The summed E-state index contributed by atoms with van der Waals surface area (Å²) in [5, 5.41) is 12.2. The molecule has 1 aliphatic heterocycles. The highest BCUT2D eigenvalue weighted by Crippen LogP contribution is 2.29. The van der Waals surface area contributed by atoms with E-state index in [1.54, 1.807) is 0 Å². The van der Waals surface area contributed by atoms with E-state index >= 15 is 0 Å². The zero-order chi connectivity index (χ0) is 23.3. The number of hydrogen-bond donors (Lipinski definition) is 1. The number of carbonyl (C=O) groups excluding carboxylic acids is 1. The molecule has 5 rings (SSSR count). The summed E-state index contributed by atoms with van der Waals surface area (Å²) in [6.45, 7) is 9.99. The van der Waals surface area contributed by atoms with Gasteiger partial charge in [0.05, 0.1) is 37.7 Å². The van der Waals surface area contributed by atoms with Gasteiger partial charge < -0.3 is 9.87 Å². The van der Waals surface area contributed by atoms with Gasteiger partial charge >= 0.3 is 0 Å². The highest BCUT2D eigenvalue weighted by Gasteiger charge is 2.36. The normalized spacial score (nSPS) is 17.6. The van der Waals surface area contributed by atoms with Gasteiger partial charge in [-0.25, -0.2) is 4.68 Å². The number of nitrogens with zero attached hydrogens (tertiary/aromatic N) is 5. The molecule has 174 valence electrons. The van der Waals surface area contributed by atoms with Gasteiger partial charge in [-0.2, -0.15) is 10.2 Å². The van der Waals surface area contributed by atoms with Crippen molar-refractivity contribution in [3.05, 3.63) is 53.6 Å². The van der Waals surface area contributed by atoms with E-state index in [-0.39, 0.29) is 10.7 Å². The third-order valence-corrected chi connectivity index (χ3v) is 7.95. The Morgan fingerprint density at radius 1 is 1.18 bits per heavy atom. The third-order valence-electron chi connectivity index (χ3n) is 6.13. The number of rotatable bonds is 5. The van der Waals surface area contributed by atoms with E-state index in [1.807, 2.05) is 78.2 Å². The topological polar surface area (TPSA) is 91.0 Å². The van der Waals surface area contributed by atoms with Crippen LogP contribution in [0.3, 0.4) is 0 Å². The average Bonchev–Trinajstić information content (AvgIpc) is 3.29. The summed E-state index contributed by atoms with van der Waals surface area (Å²) < 4.78 is 18.4. The molecule has 9 heteroatoms. The third kappa shape index (κ3) is 4.45. The first-order valence-corrected chi connectivity index (χ1v) is 12.5. The number of aromatic nitrogens is 4. The zero-order valence-electron chi connectivity index (χ0n) is 19.5. The van der Waals surface area contributed by atoms with Crippen LogP contribution < -0.4 is 5.32 Å². The zero-order valence-corrected chi connectivity index (χ0v) is 20.4. The van der Waals surface area contributed by atoms with Gasteiger partial charge in [-0.3, -0.25) is 9.48 Å². The number of benzene rings is 1. The van der Waals surface area contributed by atoms with Crippen molar-refractivity contribution < 1.29 is 9.35 Å². The number of amides is 1. The Bertz CT molecular complexity index is 1190. The molecule has 0 spiro atoms. The molecular formula is C24H30N6O2S. The van der Waals surface area contributed by atoms with Crippen molar-refractivity contribution in [2.45, 2.75) is 64.4 Å². The van der Waals surface area contributed by atoms with Crippen LogP contribution in [-0.4, -0.2) is 51.7 Å². The number of hydrogen-bond acceptors (Lipinski definition) is 5. The van der Waals surface area contributed by atoms with Crippen LogP contribution in [-0.2, 0) is 24.5 Å². The Morgan fingerprint density at radius 2 is 1.97 bits per heavy atom. The highest BCUT2D eigenvalue weighted by atomic mass is 32.2. The second kappa shape index (κ2) is 8.30. The second-order valence-electron chi connectivity index (χ2n) is 9.88. The molecule has 3 aromatic rings. The Balaban J connectivity index is 1.42. The van der Waals surface area contributed by atoms with Gasteiger partial charge in [0.25, 0.3) is 5.91 Å². The van der Waals surface area contributed by atoms with Crippen molar-refractivity contribution in [1.29, 1.82) is 0 Å². The van der Waals surface area contributed by atoms with Crippen molar-refractivity contribution in [1.82, 2.24) is 29.2 Å². The van der Waals surface area contributed by atoms with E-state index < -0.39 is 11.4 Å². The van der Waals surface area contributed by atoms with Crippen LogP contribution in [0, 0.1) is 6.92 Å². The lowest BCUT2D eigenvalue weighted by Gasteiger charge is -2.34. The van der Waals surface area contributed by atoms with Crippen molar-refractivity contribution >= 4 is 17.3 Å². The summed E-state index contributed by atoms with van der Waals surface area (Å²) in [6.07, 6.45) is 7.75. The van der Waals surface area contributed by atoms with Gasteiger partial charge in [-0.1, -0.05) is 6.07 Å². The van der Waals surface area contributed by atoms with Crippen LogP contribution in [0.15, 0.2) is 36.8 Å². The van der Waals surface area contributed by atoms with Crippen LogP contribution >= 0.6 is 0 Å². The fraction of sp³-hybridized carbons (Fsp3) is 0.458. The standard InChI is InChI=1S/C24H30N6O2S/c1-16-5-6-17(23(31)27-19-7-8-19)11-20(16)18-12-25-30(14-18)21-13-26-29-10-9-28(15-22(21)29)33(32)24(2,3)4/h5-6,11-14,19H,7-10,15H2,1-4H3,(H,27,31). The Labute approximate surface area is 197 Å². The van der Waals surface area contributed by atoms with Gasteiger partial charge in [-0.05, 0) is 63.8 Å². The minimum Gasteiger partial charge on any atom is -0.597 e. The van der Waals surface area contributed by atoms with Crippen molar-refractivity contribution in [2.24, 2.45) is 0 Å². The fourth-order valence-electron chi connectivity index (χ4n) is 4.09. The maximum Gasteiger partial charge on any atom is 0.251 e. The SMILES string of the molecule is Cc1ccc(C(=O)NC2CC2)cc1-c1cnn(-c2cnn3c2CN([S+]([O-])C(C)(C)C)CC3)c1. The van der Waals surface area contributed by atoms with E-state index in [1.165, 1.54) is 0 Å². The largest absolute Gasteiger partial charge is 0.597 e. The second-order valence-corrected chi connectivity index (χ2v) is 12.1. The van der Waals surface area contributed by atoms with Gasteiger partial charge in [-0.15, -0.1) is 4.31 Å². The van der Waals surface area contributed by atoms with Gasteiger partial charge in [0, 0.05) is 34.7 Å².